The fourth-order valence-corrected chi connectivity index (χ4v) is 2.93. The lowest BCUT2D eigenvalue weighted by atomic mass is 10.1. The van der Waals surface area contributed by atoms with E-state index in [4.69, 9.17) is 4.74 Å². The van der Waals surface area contributed by atoms with Crippen LogP contribution in [-0.2, 0) is 9.53 Å². The normalized spacial score (nSPS) is 25.1. The Bertz CT molecular complexity index is 355. The lowest BCUT2D eigenvalue weighted by molar-refractivity contribution is -0.142. The van der Waals surface area contributed by atoms with Crippen molar-refractivity contribution in [2.45, 2.75) is 12.1 Å². The van der Waals surface area contributed by atoms with E-state index in [9.17, 15) is 4.79 Å². The molecule has 0 spiro atoms. The Kier molecular flexibility index (Phi) is 3.85. The molecule has 0 radical (unpaired) electrons. The second-order valence-electron chi connectivity index (χ2n) is 3.74. The Labute approximate surface area is 99.6 Å². The fourth-order valence-electron chi connectivity index (χ4n) is 1.80. The molecule has 86 valence electrons. The second-order valence-corrected chi connectivity index (χ2v) is 4.82. The number of benzene rings is 1. The van der Waals surface area contributed by atoms with Gasteiger partial charge in [-0.25, -0.2) is 0 Å². The number of carbonyl (C=O) groups excluding carboxylic acids is 1. The number of methoxy groups -OCH3 is 1. The van der Waals surface area contributed by atoms with E-state index < -0.39 is 0 Å². The van der Waals surface area contributed by atoms with Gasteiger partial charge in [-0.15, -0.1) is 0 Å². The standard InChI is InChI=1S/C12H15NO2S/c1-15-12(14)11-8-16-7-10(13-11)9-5-3-2-4-6-9/h2-6,10-11,13H,7-8H2,1H3/t10-,11-/m1/s1. The molecule has 2 atom stereocenters. The molecule has 0 aromatic heterocycles. The Morgan fingerprint density at radius 3 is 2.81 bits per heavy atom. The molecular weight excluding hydrogens is 222 g/mol. The van der Waals surface area contributed by atoms with Gasteiger partial charge in [0.1, 0.15) is 6.04 Å². The summed E-state index contributed by atoms with van der Waals surface area (Å²) in [5, 5.41) is 3.33. The molecule has 3 nitrogen and oxygen atoms in total. The monoisotopic (exact) mass is 237 g/mol. The maximum absolute atomic E-state index is 11.4. The molecule has 1 aromatic carbocycles. The van der Waals surface area contributed by atoms with Crippen LogP contribution < -0.4 is 5.32 Å². The van der Waals surface area contributed by atoms with E-state index in [1.165, 1.54) is 12.7 Å². The zero-order chi connectivity index (χ0) is 11.4. The number of carbonyl (C=O) groups is 1. The lowest BCUT2D eigenvalue weighted by Gasteiger charge is -2.29. The van der Waals surface area contributed by atoms with Crippen LogP contribution in [0.4, 0.5) is 0 Å². The quantitative estimate of drug-likeness (QED) is 0.793. The number of ether oxygens (including phenoxy) is 1. The minimum Gasteiger partial charge on any atom is -0.468 e. The third-order valence-corrected chi connectivity index (χ3v) is 3.80. The van der Waals surface area contributed by atoms with Crippen LogP contribution in [0.2, 0.25) is 0 Å². The van der Waals surface area contributed by atoms with Gasteiger partial charge >= 0.3 is 5.97 Å². The number of hydrogen-bond donors (Lipinski definition) is 1. The zero-order valence-electron chi connectivity index (χ0n) is 9.18. The van der Waals surface area contributed by atoms with Gasteiger partial charge in [0.05, 0.1) is 7.11 Å². The van der Waals surface area contributed by atoms with Gasteiger partial charge in [-0.3, -0.25) is 10.1 Å². The third kappa shape index (κ3) is 2.57. The average molecular weight is 237 g/mol. The van der Waals surface area contributed by atoms with Crippen LogP contribution in [0.1, 0.15) is 11.6 Å². The van der Waals surface area contributed by atoms with Crippen molar-refractivity contribution in [1.29, 1.82) is 0 Å². The van der Waals surface area contributed by atoms with Gasteiger partial charge in [-0.2, -0.15) is 11.8 Å². The highest BCUT2D eigenvalue weighted by atomic mass is 32.2. The molecule has 1 aliphatic heterocycles. The summed E-state index contributed by atoms with van der Waals surface area (Å²) < 4.78 is 4.76. The molecule has 0 amide bonds. The molecule has 1 saturated heterocycles. The Morgan fingerprint density at radius 2 is 2.12 bits per heavy atom. The molecule has 1 fully saturated rings. The molecule has 0 saturated carbocycles. The first-order chi connectivity index (χ1) is 7.81. The minimum atomic E-state index is -0.186. The summed E-state index contributed by atoms with van der Waals surface area (Å²) in [7, 11) is 1.43. The second kappa shape index (κ2) is 5.37. The highest BCUT2D eigenvalue weighted by Crippen LogP contribution is 2.24. The van der Waals surface area contributed by atoms with Gasteiger partial charge in [-0.05, 0) is 5.56 Å². The van der Waals surface area contributed by atoms with Crippen molar-refractivity contribution in [2.24, 2.45) is 0 Å². The Morgan fingerprint density at radius 1 is 1.38 bits per heavy atom. The average Bonchev–Trinajstić information content (AvgIpc) is 2.39. The van der Waals surface area contributed by atoms with Crippen LogP contribution in [0.3, 0.4) is 0 Å². The molecule has 0 bridgehead atoms. The molecule has 1 heterocycles. The number of esters is 1. The molecule has 4 heteroatoms. The molecule has 0 aliphatic carbocycles. The van der Waals surface area contributed by atoms with Gasteiger partial charge in [0.25, 0.3) is 0 Å². The summed E-state index contributed by atoms with van der Waals surface area (Å²) in [4.78, 5) is 11.4. The molecule has 2 rings (SSSR count). The van der Waals surface area contributed by atoms with Crippen LogP contribution in [0.5, 0.6) is 0 Å². The van der Waals surface area contributed by atoms with E-state index >= 15 is 0 Å². The van der Waals surface area contributed by atoms with Crippen LogP contribution in [-0.4, -0.2) is 30.6 Å². The third-order valence-electron chi connectivity index (χ3n) is 2.66. The van der Waals surface area contributed by atoms with Crippen molar-refractivity contribution in [2.75, 3.05) is 18.6 Å². The van der Waals surface area contributed by atoms with Crippen LogP contribution in [0.15, 0.2) is 30.3 Å². The van der Waals surface area contributed by atoms with Gasteiger partial charge in [-0.1, -0.05) is 30.3 Å². The van der Waals surface area contributed by atoms with E-state index in [1.54, 1.807) is 11.8 Å². The highest BCUT2D eigenvalue weighted by Gasteiger charge is 2.27. The maximum Gasteiger partial charge on any atom is 0.323 e. The molecular formula is C12H15NO2S. The van der Waals surface area contributed by atoms with Crippen molar-refractivity contribution >= 4 is 17.7 Å². The van der Waals surface area contributed by atoms with Crippen molar-refractivity contribution < 1.29 is 9.53 Å². The van der Waals surface area contributed by atoms with E-state index in [0.717, 1.165) is 11.5 Å². The van der Waals surface area contributed by atoms with Crippen LogP contribution in [0, 0.1) is 0 Å². The van der Waals surface area contributed by atoms with Gasteiger partial charge in [0.2, 0.25) is 0 Å². The molecule has 1 N–H and O–H groups in total. The first kappa shape index (κ1) is 11.5. The molecule has 16 heavy (non-hydrogen) atoms. The van der Waals surface area contributed by atoms with Gasteiger partial charge in [0.15, 0.2) is 0 Å². The SMILES string of the molecule is COC(=O)[C@H]1CSC[C@H](c2ccccc2)N1. The van der Waals surface area contributed by atoms with E-state index in [1.807, 2.05) is 18.2 Å². The van der Waals surface area contributed by atoms with Crippen LogP contribution in [0.25, 0.3) is 0 Å². The zero-order valence-corrected chi connectivity index (χ0v) is 10.00. The van der Waals surface area contributed by atoms with Gasteiger partial charge in [0, 0.05) is 17.5 Å². The number of thioether (sulfide) groups is 1. The largest absolute Gasteiger partial charge is 0.468 e. The summed E-state index contributed by atoms with van der Waals surface area (Å²) in [6.07, 6.45) is 0. The summed E-state index contributed by atoms with van der Waals surface area (Å²) in [5.74, 6) is 1.61. The first-order valence-corrected chi connectivity index (χ1v) is 6.43. The van der Waals surface area contributed by atoms with E-state index in [-0.39, 0.29) is 18.1 Å². The van der Waals surface area contributed by atoms with Crippen LogP contribution >= 0.6 is 11.8 Å². The van der Waals surface area contributed by atoms with Gasteiger partial charge < -0.3 is 4.74 Å². The summed E-state index contributed by atoms with van der Waals surface area (Å²) in [6.45, 7) is 0. The Hall–Kier alpha value is -1.00. The summed E-state index contributed by atoms with van der Waals surface area (Å²) in [5.41, 5.74) is 1.23. The number of hydrogen-bond acceptors (Lipinski definition) is 4. The van der Waals surface area contributed by atoms with Crippen molar-refractivity contribution in [3.63, 3.8) is 0 Å². The number of rotatable bonds is 2. The molecule has 1 aromatic rings. The van der Waals surface area contributed by atoms with Crippen molar-refractivity contribution in [3.8, 4) is 0 Å². The van der Waals surface area contributed by atoms with Crippen molar-refractivity contribution in [3.05, 3.63) is 35.9 Å². The fraction of sp³-hybridized carbons (Fsp3) is 0.417. The summed E-state index contributed by atoms with van der Waals surface area (Å²) >= 11 is 1.79. The number of nitrogens with one attached hydrogen (secondary N) is 1. The first-order valence-electron chi connectivity index (χ1n) is 5.28. The smallest absolute Gasteiger partial charge is 0.323 e. The Balaban J connectivity index is 2.05. The lowest BCUT2D eigenvalue weighted by Crippen LogP contribution is -2.45. The maximum atomic E-state index is 11.4. The predicted octanol–water partition coefficient (Wildman–Crippen LogP) is 1.61. The molecule has 1 aliphatic rings. The van der Waals surface area contributed by atoms with Crippen molar-refractivity contribution in [1.82, 2.24) is 5.32 Å². The minimum absolute atomic E-state index is 0.173. The predicted molar refractivity (Wildman–Crippen MR) is 65.4 cm³/mol. The summed E-state index contributed by atoms with van der Waals surface area (Å²) in [6, 6.07) is 10.2. The topological polar surface area (TPSA) is 38.3 Å². The van der Waals surface area contributed by atoms with E-state index in [2.05, 4.69) is 17.4 Å². The molecule has 0 unspecified atom stereocenters. The highest BCUT2D eigenvalue weighted by molar-refractivity contribution is 7.99. The van der Waals surface area contributed by atoms with E-state index in [0.29, 0.717) is 0 Å².